The third-order valence-corrected chi connectivity index (χ3v) is 2.81. The Morgan fingerprint density at radius 3 is 2.40 bits per heavy atom. The van der Waals surface area contributed by atoms with Crippen molar-refractivity contribution in [3.8, 4) is 17.2 Å². The number of rotatable bonds is 4. The Labute approximate surface area is 115 Å². The molecule has 3 nitrogen and oxygen atoms in total. The summed E-state index contributed by atoms with van der Waals surface area (Å²) in [5.74, 6) is -0.546. The van der Waals surface area contributed by atoms with Crippen LogP contribution >= 0.6 is 0 Å². The molecule has 0 amide bonds. The summed E-state index contributed by atoms with van der Waals surface area (Å²) in [7, 11) is 1.51. The SMILES string of the molecule is COc1cccc(Oc2cc(F)ccc2F)c1C(C)N. The molecule has 2 aromatic rings. The van der Waals surface area contributed by atoms with Crippen LogP contribution in [0.2, 0.25) is 0 Å². The van der Waals surface area contributed by atoms with Crippen molar-refractivity contribution in [2.75, 3.05) is 7.11 Å². The molecule has 0 aliphatic carbocycles. The second-order valence-corrected chi connectivity index (χ2v) is 4.34. The number of ether oxygens (including phenoxy) is 2. The normalized spacial score (nSPS) is 12.1. The van der Waals surface area contributed by atoms with Crippen LogP contribution in [-0.4, -0.2) is 7.11 Å². The number of methoxy groups -OCH3 is 1. The van der Waals surface area contributed by atoms with Crippen molar-refractivity contribution in [3.63, 3.8) is 0 Å². The fourth-order valence-electron chi connectivity index (χ4n) is 1.91. The van der Waals surface area contributed by atoms with Crippen LogP contribution in [0.5, 0.6) is 17.2 Å². The Hall–Kier alpha value is -2.14. The van der Waals surface area contributed by atoms with Gasteiger partial charge in [0.15, 0.2) is 11.6 Å². The van der Waals surface area contributed by atoms with Gasteiger partial charge in [0.25, 0.3) is 0 Å². The average Bonchev–Trinajstić information content (AvgIpc) is 2.42. The number of hydrogen-bond donors (Lipinski definition) is 1. The quantitative estimate of drug-likeness (QED) is 0.926. The molecule has 0 spiro atoms. The van der Waals surface area contributed by atoms with Crippen LogP contribution in [0.15, 0.2) is 36.4 Å². The minimum absolute atomic E-state index is 0.194. The Kier molecular flexibility index (Phi) is 4.20. The van der Waals surface area contributed by atoms with Gasteiger partial charge in [0.1, 0.15) is 17.3 Å². The van der Waals surface area contributed by atoms with E-state index in [-0.39, 0.29) is 11.8 Å². The third-order valence-electron chi connectivity index (χ3n) is 2.81. The summed E-state index contributed by atoms with van der Waals surface area (Å²) in [6.45, 7) is 1.76. The highest BCUT2D eigenvalue weighted by molar-refractivity contribution is 5.48. The van der Waals surface area contributed by atoms with Gasteiger partial charge in [-0.1, -0.05) is 6.07 Å². The molecule has 1 atom stereocenters. The first-order valence-corrected chi connectivity index (χ1v) is 6.08. The van der Waals surface area contributed by atoms with Gasteiger partial charge in [-0.2, -0.15) is 0 Å². The van der Waals surface area contributed by atoms with Crippen LogP contribution in [-0.2, 0) is 0 Å². The first kappa shape index (κ1) is 14.3. The van der Waals surface area contributed by atoms with E-state index >= 15 is 0 Å². The van der Waals surface area contributed by atoms with Gasteiger partial charge >= 0.3 is 0 Å². The van der Waals surface area contributed by atoms with E-state index in [2.05, 4.69) is 0 Å². The van der Waals surface area contributed by atoms with E-state index in [1.165, 1.54) is 7.11 Å². The molecule has 0 aromatic heterocycles. The van der Waals surface area contributed by atoms with E-state index in [9.17, 15) is 8.78 Å². The lowest BCUT2D eigenvalue weighted by Gasteiger charge is -2.17. The van der Waals surface area contributed by atoms with Gasteiger partial charge in [-0.15, -0.1) is 0 Å². The molecular weight excluding hydrogens is 264 g/mol. The van der Waals surface area contributed by atoms with Gasteiger partial charge in [-0.3, -0.25) is 0 Å². The summed E-state index contributed by atoms with van der Waals surface area (Å²) < 4.78 is 37.4. The Morgan fingerprint density at radius 1 is 1.05 bits per heavy atom. The van der Waals surface area contributed by atoms with E-state index in [0.29, 0.717) is 17.1 Å². The van der Waals surface area contributed by atoms with Crippen molar-refractivity contribution in [2.24, 2.45) is 5.73 Å². The summed E-state index contributed by atoms with van der Waals surface area (Å²) in [5, 5.41) is 0. The van der Waals surface area contributed by atoms with Crippen LogP contribution in [0.1, 0.15) is 18.5 Å². The number of nitrogens with two attached hydrogens (primary N) is 1. The Bertz CT molecular complexity index is 615. The van der Waals surface area contributed by atoms with Crippen LogP contribution < -0.4 is 15.2 Å². The molecule has 0 bridgehead atoms. The number of hydrogen-bond acceptors (Lipinski definition) is 3. The van der Waals surface area contributed by atoms with E-state index in [1.807, 2.05) is 0 Å². The minimum atomic E-state index is -0.648. The lowest BCUT2D eigenvalue weighted by molar-refractivity contribution is 0.392. The van der Waals surface area contributed by atoms with Crippen molar-refractivity contribution in [1.29, 1.82) is 0 Å². The van der Waals surface area contributed by atoms with E-state index in [0.717, 1.165) is 18.2 Å². The van der Waals surface area contributed by atoms with Gasteiger partial charge in [0.2, 0.25) is 0 Å². The summed E-state index contributed by atoms with van der Waals surface area (Å²) in [5.41, 5.74) is 6.48. The number of halogens is 2. The highest BCUT2D eigenvalue weighted by Gasteiger charge is 2.16. The van der Waals surface area contributed by atoms with E-state index < -0.39 is 11.6 Å². The second-order valence-electron chi connectivity index (χ2n) is 4.34. The molecule has 0 saturated heterocycles. The standard InChI is InChI=1S/C15H15F2NO2/c1-9(18)15-12(19-2)4-3-5-13(15)20-14-8-10(16)6-7-11(14)17/h3-9H,18H2,1-2H3. The zero-order valence-electron chi connectivity index (χ0n) is 11.2. The lowest BCUT2D eigenvalue weighted by Crippen LogP contribution is -2.09. The Morgan fingerprint density at radius 2 is 1.75 bits per heavy atom. The van der Waals surface area contributed by atoms with Crippen molar-refractivity contribution < 1.29 is 18.3 Å². The third kappa shape index (κ3) is 2.88. The maximum Gasteiger partial charge on any atom is 0.165 e. The summed E-state index contributed by atoms with van der Waals surface area (Å²) in [6, 6.07) is 7.70. The van der Waals surface area contributed by atoms with Gasteiger partial charge in [-0.05, 0) is 31.2 Å². The first-order chi connectivity index (χ1) is 9.52. The highest BCUT2D eigenvalue weighted by Crippen LogP contribution is 2.36. The fourth-order valence-corrected chi connectivity index (χ4v) is 1.91. The molecular formula is C15H15F2NO2. The molecule has 0 fully saturated rings. The molecule has 1 unspecified atom stereocenters. The predicted octanol–water partition coefficient (Wildman–Crippen LogP) is 3.79. The lowest BCUT2D eigenvalue weighted by atomic mass is 10.1. The zero-order chi connectivity index (χ0) is 14.7. The molecule has 0 aliphatic heterocycles. The largest absolute Gasteiger partial charge is 0.496 e. The van der Waals surface area contributed by atoms with Crippen molar-refractivity contribution in [1.82, 2.24) is 0 Å². The molecule has 0 aliphatic rings. The van der Waals surface area contributed by atoms with Crippen molar-refractivity contribution in [3.05, 3.63) is 53.6 Å². The predicted molar refractivity (Wildman–Crippen MR) is 72.0 cm³/mol. The summed E-state index contributed by atoms with van der Waals surface area (Å²) >= 11 is 0. The zero-order valence-corrected chi connectivity index (χ0v) is 11.2. The molecule has 2 rings (SSSR count). The minimum Gasteiger partial charge on any atom is -0.496 e. The van der Waals surface area contributed by atoms with Crippen molar-refractivity contribution in [2.45, 2.75) is 13.0 Å². The summed E-state index contributed by atoms with van der Waals surface area (Å²) in [4.78, 5) is 0. The topological polar surface area (TPSA) is 44.5 Å². The summed E-state index contributed by atoms with van der Waals surface area (Å²) in [6.07, 6.45) is 0. The Balaban J connectivity index is 2.45. The van der Waals surface area contributed by atoms with Crippen LogP contribution in [0.3, 0.4) is 0 Å². The number of benzene rings is 2. The van der Waals surface area contributed by atoms with E-state index in [1.54, 1.807) is 25.1 Å². The molecule has 2 N–H and O–H groups in total. The molecule has 0 saturated carbocycles. The molecule has 2 aromatic carbocycles. The second kappa shape index (κ2) is 5.88. The van der Waals surface area contributed by atoms with Gasteiger partial charge in [0.05, 0.1) is 12.7 Å². The van der Waals surface area contributed by atoms with Gasteiger partial charge < -0.3 is 15.2 Å². The van der Waals surface area contributed by atoms with Crippen LogP contribution in [0.4, 0.5) is 8.78 Å². The first-order valence-electron chi connectivity index (χ1n) is 6.08. The molecule has 0 radical (unpaired) electrons. The maximum atomic E-state index is 13.6. The maximum absolute atomic E-state index is 13.6. The van der Waals surface area contributed by atoms with Crippen LogP contribution in [0, 0.1) is 11.6 Å². The van der Waals surface area contributed by atoms with Crippen molar-refractivity contribution >= 4 is 0 Å². The molecule has 20 heavy (non-hydrogen) atoms. The molecule has 0 heterocycles. The molecule has 5 heteroatoms. The fraction of sp³-hybridized carbons (Fsp3) is 0.200. The van der Waals surface area contributed by atoms with Gasteiger partial charge in [-0.25, -0.2) is 8.78 Å². The average molecular weight is 279 g/mol. The van der Waals surface area contributed by atoms with Crippen LogP contribution in [0.25, 0.3) is 0 Å². The highest BCUT2D eigenvalue weighted by atomic mass is 19.1. The smallest absolute Gasteiger partial charge is 0.165 e. The monoisotopic (exact) mass is 279 g/mol. The van der Waals surface area contributed by atoms with Gasteiger partial charge in [0, 0.05) is 12.1 Å². The van der Waals surface area contributed by atoms with E-state index in [4.69, 9.17) is 15.2 Å². The molecule has 106 valence electrons.